The van der Waals surface area contributed by atoms with Gasteiger partial charge >= 0.3 is 0 Å². The molecule has 0 heterocycles. The molecule has 2 nitrogen and oxygen atoms in total. The Balaban J connectivity index is 2.34. The fourth-order valence-corrected chi connectivity index (χ4v) is 1.66. The number of rotatable bonds is 3. The highest BCUT2D eigenvalue weighted by atomic mass is 16.1. The molecule has 2 aromatic rings. The summed E-state index contributed by atoms with van der Waals surface area (Å²) in [5.74, 6) is 0. The number of carbonyl (C=O) groups is 1. The Hall–Kier alpha value is -1.83. The average Bonchev–Trinajstić information content (AvgIpc) is 2.29. The van der Waals surface area contributed by atoms with Gasteiger partial charge in [0.2, 0.25) is 6.41 Å². The Morgan fingerprint density at radius 1 is 1.13 bits per heavy atom. The Morgan fingerprint density at radius 3 is 2.60 bits per heavy atom. The van der Waals surface area contributed by atoms with Gasteiger partial charge in [0.15, 0.2) is 0 Å². The summed E-state index contributed by atoms with van der Waals surface area (Å²) in [6.45, 7) is 0.661. The van der Waals surface area contributed by atoms with Crippen LogP contribution in [-0.4, -0.2) is 18.4 Å². The second-order valence-corrected chi connectivity index (χ2v) is 3.70. The molecule has 2 aromatic carbocycles. The maximum Gasteiger partial charge on any atom is 0.209 e. The van der Waals surface area contributed by atoms with Crippen LogP contribution in [0.2, 0.25) is 0 Å². The van der Waals surface area contributed by atoms with Crippen LogP contribution in [0.15, 0.2) is 42.5 Å². The molecule has 0 aromatic heterocycles. The molecule has 0 atom stereocenters. The molecule has 0 aliphatic carbocycles. The number of fused-ring (bicyclic) bond motifs is 1. The normalized spacial score (nSPS) is 10.2. The lowest BCUT2D eigenvalue weighted by atomic mass is 10.1. The topological polar surface area (TPSA) is 20.3 Å². The first-order valence-electron chi connectivity index (χ1n) is 4.93. The first-order chi connectivity index (χ1) is 7.29. The number of hydrogen-bond acceptors (Lipinski definition) is 1. The van der Waals surface area contributed by atoms with Gasteiger partial charge in [-0.25, -0.2) is 0 Å². The predicted molar refractivity (Wildman–Crippen MR) is 61.5 cm³/mol. The third kappa shape index (κ3) is 2.15. The van der Waals surface area contributed by atoms with E-state index in [4.69, 9.17) is 0 Å². The van der Waals surface area contributed by atoms with E-state index in [1.165, 1.54) is 10.8 Å². The molecule has 2 heteroatoms. The SMILES string of the molecule is CN(C=O)Cc1ccc2ccccc2c1. The van der Waals surface area contributed by atoms with E-state index in [-0.39, 0.29) is 0 Å². The zero-order valence-electron chi connectivity index (χ0n) is 8.68. The van der Waals surface area contributed by atoms with Crippen molar-refractivity contribution in [2.24, 2.45) is 0 Å². The Morgan fingerprint density at radius 2 is 1.87 bits per heavy atom. The van der Waals surface area contributed by atoms with Crippen molar-refractivity contribution in [3.05, 3.63) is 48.0 Å². The summed E-state index contributed by atoms with van der Waals surface area (Å²) in [6, 6.07) is 14.5. The van der Waals surface area contributed by atoms with Gasteiger partial charge in [-0.1, -0.05) is 36.4 Å². The van der Waals surface area contributed by atoms with Crippen LogP contribution >= 0.6 is 0 Å². The van der Waals surface area contributed by atoms with Crippen molar-refractivity contribution >= 4 is 17.2 Å². The smallest absolute Gasteiger partial charge is 0.209 e. The van der Waals surface area contributed by atoms with Crippen molar-refractivity contribution in [1.82, 2.24) is 4.90 Å². The molecule has 0 fully saturated rings. The molecule has 1 amide bonds. The van der Waals surface area contributed by atoms with Crippen LogP contribution in [0.5, 0.6) is 0 Å². The van der Waals surface area contributed by atoms with E-state index in [9.17, 15) is 4.79 Å². The van der Waals surface area contributed by atoms with Gasteiger partial charge in [0.25, 0.3) is 0 Å². The first kappa shape index (κ1) is 9.71. The minimum absolute atomic E-state index is 0.661. The van der Waals surface area contributed by atoms with E-state index in [0.717, 1.165) is 12.0 Å². The quantitative estimate of drug-likeness (QED) is 0.695. The largest absolute Gasteiger partial charge is 0.344 e. The minimum Gasteiger partial charge on any atom is -0.344 e. The van der Waals surface area contributed by atoms with Gasteiger partial charge < -0.3 is 4.90 Å². The van der Waals surface area contributed by atoms with Crippen LogP contribution in [0.3, 0.4) is 0 Å². The summed E-state index contributed by atoms with van der Waals surface area (Å²) in [5.41, 5.74) is 1.16. The third-order valence-electron chi connectivity index (χ3n) is 2.43. The summed E-state index contributed by atoms with van der Waals surface area (Å²) in [6.07, 6.45) is 0.842. The molecule has 0 saturated carbocycles. The van der Waals surface area contributed by atoms with Crippen LogP contribution in [0.25, 0.3) is 10.8 Å². The van der Waals surface area contributed by atoms with Crippen molar-refractivity contribution in [1.29, 1.82) is 0 Å². The molecule has 2 rings (SSSR count). The Bertz CT molecular complexity index is 479. The van der Waals surface area contributed by atoms with E-state index in [0.29, 0.717) is 6.54 Å². The van der Waals surface area contributed by atoms with E-state index in [1.54, 1.807) is 11.9 Å². The molecular weight excluding hydrogens is 186 g/mol. The molecule has 0 aliphatic rings. The van der Waals surface area contributed by atoms with Crippen LogP contribution in [0, 0.1) is 0 Å². The maximum absolute atomic E-state index is 10.5. The summed E-state index contributed by atoms with van der Waals surface area (Å²) in [7, 11) is 1.78. The molecule has 15 heavy (non-hydrogen) atoms. The van der Waals surface area contributed by atoms with Gasteiger partial charge in [0.1, 0.15) is 0 Å². The van der Waals surface area contributed by atoms with Crippen molar-refractivity contribution in [2.45, 2.75) is 6.54 Å². The van der Waals surface area contributed by atoms with Crippen LogP contribution in [0.4, 0.5) is 0 Å². The second-order valence-electron chi connectivity index (χ2n) is 3.70. The zero-order chi connectivity index (χ0) is 10.7. The lowest BCUT2D eigenvalue weighted by Gasteiger charge is -2.10. The van der Waals surface area contributed by atoms with Crippen molar-refractivity contribution in [3.63, 3.8) is 0 Å². The van der Waals surface area contributed by atoms with Gasteiger partial charge in [-0.05, 0) is 22.4 Å². The van der Waals surface area contributed by atoms with Crippen molar-refractivity contribution in [3.8, 4) is 0 Å². The monoisotopic (exact) mass is 199 g/mol. The zero-order valence-corrected chi connectivity index (χ0v) is 8.68. The molecule has 0 spiro atoms. The van der Waals surface area contributed by atoms with Crippen molar-refractivity contribution < 1.29 is 4.79 Å². The highest BCUT2D eigenvalue weighted by Crippen LogP contribution is 2.16. The number of nitrogens with zero attached hydrogens (tertiary/aromatic N) is 1. The number of amides is 1. The fourth-order valence-electron chi connectivity index (χ4n) is 1.66. The summed E-state index contributed by atoms with van der Waals surface area (Å²) in [4.78, 5) is 12.1. The van der Waals surface area contributed by atoms with Gasteiger partial charge in [-0.2, -0.15) is 0 Å². The summed E-state index contributed by atoms with van der Waals surface area (Å²) in [5, 5.41) is 2.45. The Kier molecular flexibility index (Phi) is 2.68. The van der Waals surface area contributed by atoms with Gasteiger partial charge in [0, 0.05) is 13.6 Å². The predicted octanol–water partition coefficient (Wildman–Crippen LogP) is 2.43. The van der Waals surface area contributed by atoms with Gasteiger partial charge in [-0.15, -0.1) is 0 Å². The first-order valence-corrected chi connectivity index (χ1v) is 4.93. The standard InChI is InChI=1S/C13H13NO/c1-14(10-15)9-11-6-7-12-4-2-3-5-13(12)8-11/h2-8,10H,9H2,1H3. The lowest BCUT2D eigenvalue weighted by molar-refractivity contribution is -0.117. The number of hydrogen-bond donors (Lipinski definition) is 0. The minimum atomic E-state index is 0.661. The van der Waals surface area contributed by atoms with E-state index >= 15 is 0 Å². The van der Waals surface area contributed by atoms with Crippen LogP contribution < -0.4 is 0 Å². The number of carbonyl (C=O) groups excluding carboxylic acids is 1. The molecule has 76 valence electrons. The van der Waals surface area contributed by atoms with E-state index < -0.39 is 0 Å². The van der Waals surface area contributed by atoms with E-state index in [2.05, 4.69) is 30.3 Å². The van der Waals surface area contributed by atoms with Gasteiger partial charge in [0.05, 0.1) is 0 Å². The molecule has 0 saturated heterocycles. The molecule has 0 radical (unpaired) electrons. The lowest BCUT2D eigenvalue weighted by Crippen LogP contribution is -2.14. The molecular formula is C13H13NO. The fraction of sp³-hybridized carbons (Fsp3) is 0.154. The molecule has 0 unspecified atom stereocenters. The van der Waals surface area contributed by atoms with E-state index in [1.807, 2.05) is 12.1 Å². The highest BCUT2D eigenvalue weighted by Gasteiger charge is 1.98. The summed E-state index contributed by atoms with van der Waals surface area (Å²) < 4.78 is 0. The van der Waals surface area contributed by atoms with Crippen LogP contribution in [-0.2, 0) is 11.3 Å². The van der Waals surface area contributed by atoms with Crippen LogP contribution in [0.1, 0.15) is 5.56 Å². The van der Waals surface area contributed by atoms with Gasteiger partial charge in [-0.3, -0.25) is 4.79 Å². The number of benzene rings is 2. The summed E-state index contributed by atoms with van der Waals surface area (Å²) >= 11 is 0. The Labute approximate surface area is 89.1 Å². The molecule has 0 aliphatic heterocycles. The molecule has 0 N–H and O–H groups in total. The van der Waals surface area contributed by atoms with Crippen molar-refractivity contribution in [2.75, 3.05) is 7.05 Å². The molecule has 0 bridgehead atoms. The third-order valence-corrected chi connectivity index (χ3v) is 2.43. The maximum atomic E-state index is 10.5. The highest BCUT2D eigenvalue weighted by molar-refractivity contribution is 5.83. The second kappa shape index (κ2) is 4.13. The average molecular weight is 199 g/mol.